The summed E-state index contributed by atoms with van der Waals surface area (Å²) >= 11 is 2.12. The molecule has 3 aromatic carbocycles. The Hall–Kier alpha value is -3.40. The fourth-order valence-electron chi connectivity index (χ4n) is 4.49. The Labute approximate surface area is 229 Å². The van der Waals surface area contributed by atoms with Crippen LogP contribution in [0.15, 0.2) is 54.6 Å². The third-order valence-corrected chi connectivity index (χ3v) is 7.10. The molecule has 8 heteroatoms. The van der Waals surface area contributed by atoms with Crippen LogP contribution in [0.2, 0.25) is 0 Å². The van der Waals surface area contributed by atoms with Crippen LogP contribution in [0.25, 0.3) is 22.2 Å². The average molecular weight is 608 g/mol. The van der Waals surface area contributed by atoms with E-state index in [2.05, 4.69) is 56.1 Å². The van der Waals surface area contributed by atoms with Gasteiger partial charge in [-0.15, -0.1) is 0 Å². The van der Waals surface area contributed by atoms with Crippen molar-refractivity contribution in [1.29, 1.82) is 0 Å². The molecule has 37 heavy (non-hydrogen) atoms. The summed E-state index contributed by atoms with van der Waals surface area (Å²) in [6, 6.07) is 17.5. The highest BCUT2D eigenvalue weighted by Gasteiger charge is 2.24. The summed E-state index contributed by atoms with van der Waals surface area (Å²) in [5.41, 5.74) is 5.78. The van der Waals surface area contributed by atoms with E-state index in [0.717, 1.165) is 42.9 Å². The number of aromatic amines is 1. The van der Waals surface area contributed by atoms with Gasteiger partial charge in [0.25, 0.3) is 11.8 Å². The zero-order chi connectivity index (χ0) is 26.3. The summed E-state index contributed by atoms with van der Waals surface area (Å²) in [6.07, 6.45) is 0. The molecule has 1 aliphatic rings. The molecule has 0 fully saturated rings. The number of benzene rings is 3. The smallest absolute Gasteiger partial charge is 0.254 e. The number of halogens is 1. The van der Waals surface area contributed by atoms with E-state index in [4.69, 9.17) is 4.74 Å². The van der Waals surface area contributed by atoms with E-state index in [1.54, 1.807) is 23.1 Å². The van der Waals surface area contributed by atoms with Crippen molar-refractivity contribution < 1.29 is 14.3 Å². The first kappa shape index (κ1) is 25.3. The molecule has 0 spiro atoms. The number of carbonyl (C=O) groups is 2. The number of hydrogen-bond donors (Lipinski definition) is 2. The second-order valence-corrected chi connectivity index (χ2v) is 11.5. The average Bonchev–Trinajstić information content (AvgIpc) is 3.07. The topological polar surface area (TPSA) is 87.3 Å². The molecule has 0 saturated heterocycles. The summed E-state index contributed by atoms with van der Waals surface area (Å²) in [5.74, 6) is 1.44. The second-order valence-electron chi connectivity index (χ2n) is 10.4. The largest absolute Gasteiger partial charge is 0.491 e. The number of H-pyrrole nitrogens is 1. The summed E-state index contributed by atoms with van der Waals surface area (Å²) in [7, 11) is 0. The standard InChI is InChI=1S/C29H29IN4O3/c1-17-31-24-9-6-19(15-25(24)32-17)18-7-10-26-21(13-18)16-34(11-12-37-26)28(36)20-5-8-22(23(30)14-20)27(35)33-29(2,3)4/h5-10,13-15H,11-12,16H2,1-4H3,(H,31,32)(H,33,35). The number of carbonyl (C=O) groups excluding carboxylic acids is 2. The van der Waals surface area contributed by atoms with Crippen molar-refractivity contribution in [1.82, 2.24) is 20.2 Å². The summed E-state index contributed by atoms with van der Waals surface area (Å²) in [6.45, 7) is 9.10. The molecule has 2 amide bonds. The Kier molecular flexibility index (Phi) is 6.70. The van der Waals surface area contributed by atoms with Crippen LogP contribution in [0.5, 0.6) is 5.75 Å². The zero-order valence-corrected chi connectivity index (χ0v) is 23.5. The number of imidazole rings is 1. The van der Waals surface area contributed by atoms with Crippen LogP contribution in [0.3, 0.4) is 0 Å². The minimum atomic E-state index is -0.337. The number of fused-ring (bicyclic) bond motifs is 2. The van der Waals surface area contributed by atoms with E-state index in [1.807, 2.05) is 45.9 Å². The summed E-state index contributed by atoms with van der Waals surface area (Å²) < 4.78 is 6.72. The molecule has 4 aromatic rings. The first-order valence-electron chi connectivity index (χ1n) is 12.2. The number of aryl methyl sites for hydroxylation is 1. The van der Waals surface area contributed by atoms with Crippen LogP contribution in [0, 0.1) is 10.5 Å². The van der Waals surface area contributed by atoms with Crippen LogP contribution in [0.4, 0.5) is 0 Å². The molecule has 0 radical (unpaired) electrons. The molecule has 0 aliphatic carbocycles. The van der Waals surface area contributed by atoms with E-state index < -0.39 is 0 Å². The lowest BCUT2D eigenvalue weighted by atomic mass is 10.0. The fraction of sp³-hybridized carbons (Fsp3) is 0.276. The number of nitrogens with one attached hydrogen (secondary N) is 2. The van der Waals surface area contributed by atoms with Crippen LogP contribution >= 0.6 is 22.6 Å². The lowest BCUT2D eigenvalue weighted by Gasteiger charge is -2.22. The third-order valence-electron chi connectivity index (χ3n) is 6.21. The van der Waals surface area contributed by atoms with Gasteiger partial charge in [0.1, 0.15) is 18.2 Å². The van der Waals surface area contributed by atoms with Crippen LogP contribution < -0.4 is 10.1 Å². The van der Waals surface area contributed by atoms with Gasteiger partial charge in [0, 0.05) is 26.8 Å². The van der Waals surface area contributed by atoms with Gasteiger partial charge in [-0.3, -0.25) is 9.59 Å². The highest BCUT2D eigenvalue weighted by molar-refractivity contribution is 14.1. The number of nitrogens with zero attached hydrogens (tertiary/aromatic N) is 2. The van der Waals surface area contributed by atoms with E-state index in [9.17, 15) is 9.59 Å². The predicted molar refractivity (Wildman–Crippen MR) is 153 cm³/mol. The number of aromatic nitrogens is 2. The Morgan fingerprint density at radius 3 is 2.57 bits per heavy atom. The molecule has 5 rings (SSSR count). The molecular formula is C29H29IN4O3. The van der Waals surface area contributed by atoms with Crippen molar-refractivity contribution in [2.24, 2.45) is 0 Å². The highest BCUT2D eigenvalue weighted by Crippen LogP contribution is 2.31. The van der Waals surface area contributed by atoms with Crippen molar-refractivity contribution in [2.75, 3.05) is 13.2 Å². The van der Waals surface area contributed by atoms with Crippen LogP contribution in [-0.4, -0.2) is 45.4 Å². The molecule has 0 saturated carbocycles. The fourth-order valence-corrected chi connectivity index (χ4v) is 5.25. The number of amides is 2. The Morgan fingerprint density at radius 2 is 1.81 bits per heavy atom. The van der Waals surface area contributed by atoms with E-state index in [-0.39, 0.29) is 17.4 Å². The lowest BCUT2D eigenvalue weighted by Crippen LogP contribution is -2.41. The zero-order valence-electron chi connectivity index (χ0n) is 21.3. The van der Waals surface area contributed by atoms with Crippen LogP contribution in [-0.2, 0) is 6.54 Å². The van der Waals surface area contributed by atoms with Crippen LogP contribution in [0.1, 0.15) is 52.9 Å². The van der Waals surface area contributed by atoms with Gasteiger partial charge in [-0.2, -0.15) is 0 Å². The third kappa shape index (κ3) is 5.49. The molecule has 190 valence electrons. The Morgan fingerprint density at radius 1 is 1.05 bits per heavy atom. The van der Waals surface area contributed by atoms with Gasteiger partial charge in [0.15, 0.2) is 0 Å². The lowest BCUT2D eigenvalue weighted by molar-refractivity contribution is 0.0732. The second kappa shape index (κ2) is 9.81. The van der Waals surface area contributed by atoms with Crippen molar-refractivity contribution >= 4 is 45.4 Å². The molecule has 7 nitrogen and oxygen atoms in total. The SMILES string of the molecule is Cc1nc2ccc(-c3ccc4c(c3)CN(C(=O)c3ccc(C(=O)NC(C)(C)C)c(I)c3)CCO4)cc2[nH]1. The molecule has 0 bridgehead atoms. The monoisotopic (exact) mass is 608 g/mol. The molecule has 2 N–H and O–H groups in total. The maximum absolute atomic E-state index is 13.5. The molecule has 0 atom stereocenters. The van der Waals surface area contributed by atoms with Gasteiger partial charge in [0.05, 0.1) is 23.1 Å². The van der Waals surface area contributed by atoms with Gasteiger partial charge in [-0.1, -0.05) is 12.1 Å². The predicted octanol–water partition coefficient (Wildman–Crippen LogP) is 5.71. The molecular weight excluding hydrogens is 579 g/mol. The van der Waals surface area contributed by atoms with Gasteiger partial charge < -0.3 is 19.9 Å². The van der Waals surface area contributed by atoms with Crippen molar-refractivity contribution in [3.63, 3.8) is 0 Å². The normalized spacial score (nSPS) is 13.6. The first-order valence-corrected chi connectivity index (χ1v) is 13.3. The van der Waals surface area contributed by atoms with E-state index >= 15 is 0 Å². The molecule has 1 aromatic heterocycles. The maximum atomic E-state index is 13.5. The van der Waals surface area contributed by atoms with Gasteiger partial charge in [-0.05, 0) is 104 Å². The highest BCUT2D eigenvalue weighted by atomic mass is 127. The molecule has 1 aliphatic heterocycles. The summed E-state index contributed by atoms with van der Waals surface area (Å²) in [5, 5.41) is 2.98. The number of ether oxygens (including phenoxy) is 1. The van der Waals surface area contributed by atoms with Crippen molar-refractivity contribution in [3.8, 4) is 16.9 Å². The minimum Gasteiger partial charge on any atom is -0.491 e. The van der Waals surface area contributed by atoms with Crippen molar-refractivity contribution in [3.05, 3.63) is 80.7 Å². The first-order chi connectivity index (χ1) is 17.6. The quantitative estimate of drug-likeness (QED) is 0.292. The number of hydrogen-bond acceptors (Lipinski definition) is 4. The van der Waals surface area contributed by atoms with E-state index in [1.165, 1.54) is 0 Å². The maximum Gasteiger partial charge on any atom is 0.254 e. The van der Waals surface area contributed by atoms with Gasteiger partial charge in [-0.25, -0.2) is 4.98 Å². The summed E-state index contributed by atoms with van der Waals surface area (Å²) in [4.78, 5) is 35.7. The molecule has 0 unspecified atom stereocenters. The molecule has 2 heterocycles. The Balaban J connectivity index is 1.39. The van der Waals surface area contributed by atoms with E-state index in [0.29, 0.717) is 30.8 Å². The number of rotatable bonds is 3. The van der Waals surface area contributed by atoms with Gasteiger partial charge >= 0.3 is 0 Å². The van der Waals surface area contributed by atoms with Crippen molar-refractivity contribution in [2.45, 2.75) is 39.8 Å². The van der Waals surface area contributed by atoms with Gasteiger partial charge in [0.2, 0.25) is 0 Å². The Bertz CT molecular complexity index is 1520. The minimum absolute atomic E-state index is 0.0862.